The molecule has 5 heteroatoms. The second-order valence-electron chi connectivity index (χ2n) is 5.42. The summed E-state index contributed by atoms with van der Waals surface area (Å²) in [6, 6.07) is 4.58. The Morgan fingerprint density at radius 2 is 2.26 bits per heavy atom. The van der Waals surface area contributed by atoms with Crippen molar-refractivity contribution in [3.63, 3.8) is 0 Å². The van der Waals surface area contributed by atoms with Gasteiger partial charge in [-0.1, -0.05) is 28.8 Å². The second-order valence-corrected chi connectivity index (χ2v) is 6.33. The van der Waals surface area contributed by atoms with Crippen molar-refractivity contribution in [2.45, 2.75) is 38.1 Å². The minimum absolute atomic E-state index is 0.189. The number of nitrogens with two attached hydrogens (primary N) is 1. The number of hydrogen-bond donors (Lipinski definition) is 2. The topological polar surface area (TPSA) is 55.1 Å². The summed E-state index contributed by atoms with van der Waals surface area (Å²) < 4.78 is 14.3. The van der Waals surface area contributed by atoms with Gasteiger partial charge in [0.25, 0.3) is 0 Å². The van der Waals surface area contributed by atoms with Gasteiger partial charge in [0.2, 0.25) is 5.91 Å². The standard InChI is InChI=1S/C14H18BrFN2O/c1-14(17)7-3-2-4-10(14)13(19)18-12-6-5-9(15)8-11(12)16/h5-6,8,10H,2-4,7,17H2,1H3,(H,18,19). The Kier molecular flexibility index (Phi) is 4.26. The SMILES string of the molecule is CC1(N)CCCCC1C(=O)Nc1ccc(Br)cc1F. The van der Waals surface area contributed by atoms with E-state index in [2.05, 4.69) is 21.2 Å². The van der Waals surface area contributed by atoms with E-state index in [0.717, 1.165) is 25.7 Å². The zero-order valence-corrected chi connectivity index (χ0v) is 12.5. The van der Waals surface area contributed by atoms with Crippen molar-refractivity contribution >= 4 is 27.5 Å². The molecule has 1 saturated carbocycles. The summed E-state index contributed by atoms with van der Waals surface area (Å²) in [5.41, 5.74) is 5.87. The number of carbonyl (C=O) groups excluding carboxylic acids is 1. The predicted octanol–water partition coefficient (Wildman–Crippen LogP) is 3.43. The molecule has 1 aliphatic carbocycles. The highest BCUT2D eigenvalue weighted by Gasteiger charge is 2.37. The van der Waals surface area contributed by atoms with Gasteiger partial charge in [0.05, 0.1) is 11.6 Å². The molecule has 1 aliphatic rings. The third-order valence-electron chi connectivity index (χ3n) is 3.76. The lowest BCUT2D eigenvalue weighted by Gasteiger charge is -2.37. The summed E-state index contributed by atoms with van der Waals surface area (Å²) in [7, 11) is 0. The van der Waals surface area contributed by atoms with Gasteiger partial charge in [-0.15, -0.1) is 0 Å². The zero-order valence-electron chi connectivity index (χ0n) is 10.9. The molecule has 2 unspecified atom stereocenters. The van der Waals surface area contributed by atoms with Crippen LogP contribution in [-0.2, 0) is 4.79 Å². The Bertz CT molecular complexity index is 490. The molecule has 104 valence electrons. The predicted molar refractivity (Wildman–Crippen MR) is 77.3 cm³/mol. The number of halogens is 2. The van der Waals surface area contributed by atoms with Gasteiger partial charge in [0.15, 0.2) is 0 Å². The third kappa shape index (κ3) is 3.34. The minimum atomic E-state index is -0.506. The van der Waals surface area contributed by atoms with Crippen LogP contribution < -0.4 is 11.1 Å². The van der Waals surface area contributed by atoms with Crippen LogP contribution in [0.2, 0.25) is 0 Å². The van der Waals surface area contributed by atoms with E-state index < -0.39 is 11.4 Å². The number of benzene rings is 1. The lowest BCUT2D eigenvalue weighted by atomic mass is 9.74. The van der Waals surface area contributed by atoms with Crippen molar-refractivity contribution in [1.82, 2.24) is 0 Å². The van der Waals surface area contributed by atoms with Gasteiger partial charge >= 0.3 is 0 Å². The van der Waals surface area contributed by atoms with Crippen molar-refractivity contribution in [1.29, 1.82) is 0 Å². The van der Waals surface area contributed by atoms with Gasteiger partial charge in [-0.3, -0.25) is 4.79 Å². The molecular weight excluding hydrogens is 311 g/mol. The van der Waals surface area contributed by atoms with Crippen LogP contribution in [0, 0.1) is 11.7 Å². The van der Waals surface area contributed by atoms with Crippen LogP contribution in [0.15, 0.2) is 22.7 Å². The molecule has 19 heavy (non-hydrogen) atoms. The van der Waals surface area contributed by atoms with Gasteiger partial charge in [-0.05, 0) is 38.0 Å². The van der Waals surface area contributed by atoms with E-state index in [-0.39, 0.29) is 17.5 Å². The molecule has 2 atom stereocenters. The Morgan fingerprint density at radius 1 is 1.53 bits per heavy atom. The van der Waals surface area contributed by atoms with E-state index in [1.54, 1.807) is 12.1 Å². The van der Waals surface area contributed by atoms with E-state index in [0.29, 0.717) is 4.47 Å². The van der Waals surface area contributed by atoms with Crippen LogP contribution in [0.1, 0.15) is 32.6 Å². The number of carbonyl (C=O) groups is 1. The molecule has 1 aromatic rings. The molecule has 0 aromatic heterocycles. The summed E-state index contributed by atoms with van der Waals surface area (Å²) in [6.07, 6.45) is 3.63. The van der Waals surface area contributed by atoms with Crippen molar-refractivity contribution in [3.8, 4) is 0 Å². The summed E-state index contributed by atoms with van der Waals surface area (Å²) in [4.78, 5) is 12.3. The Morgan fingerprint density at radius 3 is 2.89 bits per heavy atom. The molecule has 3 nitrogen and oxygen atoms in total. The lowest BCUT2D eigenvalue weighted by Crippen LogP contribution is -2.51. The first-order valence-corrected chi connectivity index (χ1v) is 7.24. The van der Waals surface area contributed by atoms with Crippen LogP contribution in [0.5, 0.6) is 0 Å². The summed E-state index contributed by atoms with van der Waals surface area (Å²) in [5.74, 6) is -0.896. The second kappa shape index (κ2) is 5.59. The lowest BCUT2D eigenvalue weighted by molar-refractivity contribution is -0.122. The molecule has 0 heterocycles. The van der Waals surface area contributed by atoms with Gasteiger partial charge in [-0.25, -0.2) is 4.39 Å². The van der Waals surface area contributed by atoms with Gasteiger partial charge in [-0.2, -0.15) is 0 Å². The fraction of sp³-hybridized carbons (Fsp3) is 0.500. The average Bonchev–Trinajstić information content (AvgIpc) is 2.32. The zero-order chi connectivity index (χ0) is 14.0. The molecule has 3 N–H and O–H groups in total. The van der Waals surface area contributed by atoms with E-state index in [1.807, 2.05) is 6.92 Å². The van der Waals surface area contributed by atoms with E-state index in [1.165, 1.54) is 6.07 Å². The van der Waals surface area contributed by atoms with Crippen LogP contribution in [0.25, 0.3) is 0 Å². The molecule has 2 rings (SSSR count). The monoisotopic (exact) mass is 328 g/mol. The van der Waals surface area contributed by atoms with Crippen molar-refractivity contribution in [2.24, 2.45) is 11.7 Å². The fourth-order valence-corrected chi connectivity index (χ4v) is 2.93. The molecule has 0 bridgehead atoms. The maximum absolute atomic E-state index is 13.7. The number of hydrogen-bond acceptors (Lipinski definition) is 2. The number of anilines is 1. The molecule has 0 saturated heterocycles. The number of rotatable bonds is 2. The highest BCUT2D eigenvalue weighted by Crippen LogP contribution is 2.32. The van der Waals surface area contributed by atoms with Crippen LogP contribution >= 0.6 is 15.9 Å². The Hall–Kier alpha value is -0.940. The van der Waals surface area contributed by atoms with Crippen LogP contribution in [0.3, 0.4) is 0 Å². The first kappa shape index (κ1) is 14.5. The van der Waals surface area contributed by atoms with Crippen LogP contribution in [0.4, 0.5) is 10.1 Å². The maximum Gasteiger partial charge on any atom is 0.229 e. The van der Waals surface area contributed by atoms with Crippen molar-refractivity contribution in [2.75, 3.05) is 5.32 Å². The molecule has 0 radical (unpaired) electrons. The minimum Gasteiger partial charge on any atom is -0.325 e. The van der Waals surface area contributed by atoms with E-state index >= 15 is 0 Å². The summed E-state index contributed by atoms with van der Waals surface area (Å²) in [5, 5.41) is 2.65. The Balaban J connectivity index is 2.12. The van der Waals surface area contributed by atoms with Crippen LogP contribution in [-0.4, -0.2) is 11.4 Å². The molecular formula is C14H18BrFN2O. The quantitative estimate of drug-likeness (QED) is 0.873. The summed E-state index contributed by atoms with van der Waals surface area (Å²) >= 11 is 3.18. The largest absolute Gasteiger partial charge is 0.325 e. The maximum atomic E-state index is 13.7. The average molecular weight is 329 g/mol. The molecule has 1 amide bonds. The smallest absolute Gasteiger partial charge is 0.229 e. The highest BCUT2D eigenvalue weighted by molar-refractivity contribution is 9.10. The number of amides is 1. The van der Waals surface area contributed by atoms with Gasteiger partial charge in [0.1, 0.15) is 5.82 Å². The van der Waals surface area contributed by atoms with Crippen molar-refractivity contribution < 1.29 is 9.18 Å². The van der Waals surface area contributed by atoms with Crippen molar-refractivity contribution in [3.05, 3.63) is 28.5 Å². The summed E-state index contributed by atoms with van der Waals surface area (Å²) in [6.45, 7) is 1.90. The first-order chi connectivity index (χ1) is 8.90. The molecule has 1 fully saturated rings. The van der Waals surface area contributed by atoms with E-state index in [4.69, 9.17) is 5.73 Å². The number of nitrogens with one attached hydrogen (secondary N) is 1. The third-order valence-corrected chi connectivity index (χ3v) is 4.25. The van der Waals surface area contributed by atoms with E-state index in [9.17, 15) is 9.18 Å². The Labute approximate surface area is 120 Å². The fourth-order valence-electron chi connectivity index (χ4n) is 2.60. The normalized spacial score (nSPS) is 27.1. The highest BCUT2D eigenvalue weighted by atomic mass is 79.9. The molecule has 0 aliphatic heterocycles. The first-order valence-electron chi connectivity index (χ1n) is 6.45. The molecule has 0 spiro atoms. The van der Waals surface area contributed by atoms with Gasteiger partial charge < -0.3 is 11.1 Å². The molecule has 1 aromatic carbocycles. The van der Waals surface area contributed by atoms with Gasteiger partial charge in [0, 0.05) is 10.0 Å².